The maximum Gasteiger partial charge on any atom is 0.215 e. The summed E-state index contributed by atoms with van der Waals surface area (Å²) in [6, 6.07) is 0.155. The molecule has 1 atom stereocenters. The van der Waals surface area contributed by atoms with Crippen molar-refractivity contribution in [2.24, 2.45) is 0 Å². The van der Waals surface area contributed by atoms with Crippen molar-refractivity contribution in [1.29, 1.82) is 0 Å². The third kappa shape index (κ3) is 5.36. The number of rotatable bonds is 7. The van der Waals surface area contributed by atoms with E-state index < -0.39 is 10.0 Å². The predicted octanol–water partition coefficient (Wildman–Crippen LogP) is 1.58. The molecule has 1 N–H and O–H groups in total. The van der Waals surface area contributed by atoms with Crippen LogP contribution in [0.5, 0.6) is 0 Å². The quantitative estimate of drug-likeness (QED) is 0.709. The molecule has 0 bridgehead atoms. The van der Waals surface area contributed by atoms with Gasteiger partial charge in [-0.25, -0.2) is 12.7 Å². The summed E-state index contributed by atoms with van der Waals surface area (Å²) < 4.78 is 25.7. The molecule has 0 radical (unpaired) electrons. The van der Waals surface area contributed by atoms with Crippen molar-refractivity contribution >= 4 is 10.0 Å². The lowest BCUT2D eigenvalue weighted by molar-refractivity contribution is 0.406. The zero-order chi connectivity index (χ0) is 12.7. The smallest absolute Gasteiger partial charge is 0.215 e. The van der Waals surface area contributed by atoms with Crippen molar-refractivity contribution in [3.8, 4) is 0 Å². The van der Waals surface area contributed by atoms with Crippen LogP contribution >= 0.6 is 0 Å². The second-order valence-electron chi connectivity index (χ2n) is 4.95. The van der Waals surface area contributed by atoms with Gasteiger partial charge in [0.2, 0.25) is 10.0 Å². The molecule has 1 fully saturated rings. The van der Waals surface area contributed by atoms with Crippen LogP contribution in [0.3, 0.4) is 0 Å². The fraction of sp³-hybridized carbons (Fsp3) is 1.00. The Labute approximate surface area is 106 Å². The number of nitrogens with zero attached hydrogens (tertiary/aromatic N) is 1. The number of unbranched alkanes of at least 4 members (excludes halogenated alkanes) is 2. The van der Waals surface area contributed by atoms with Crippen molar-refractivity contribution in [3.05, 3.63) is 0 Å². The van der Waals surface area contributed by atoms with Gasteiger partial charge in [-0.1, -0.05) is 26.2 Å². The van der Waals surface area contributed by atoms with E-state index in [1.54, 1.807) is 7.05 Å². The summed E-state index contributed by atoms with van der Waals surface area (Å²) in [6.07, 6.45) is 6.49. The summed E-state index contributed by atoms with van der Waals surface area (Å²) >= 11 is 0. The van der Waals surface area contributed by atoms with Gasteiger partial charge in [-0.3, -0.25) is 0 Å². The first-order chi connectivity index (χ1) is 8.06. The molecule has 1 rings (SSSR count). The minimum atomic E-state index is -3.07. The van der Waals surface area contributed by atoms with Crippen LogP contribution in [0.4, 0.5) is 0 Å². The topological polar surface area (TPSA) is 49.4 Å². The average molecular weight is 262 g/mol. The van der Waals surface area contributed by atoms with Crippen LogP contribution < -0.4 is 5.32 Å². The molecule has 5 heteroatoms. The van der Waals surface area contributed by atoms with Crippen LogP contribution in [0.2, 0.25) is 0 Å². The Hall–Kier alpha value is -0.130. The van der Waals surface area contributed by atoms with Gasteiger partial charge in [0.15, 0.2) is 0 Å². The molecule has 1 heterocycles. The van der Waals surface area contributed by atoms with Crippen molar-refractivity contribution in [3.63, 3.8) is 0 Å². The molecule has 17 heavy (non-hydrogen) atoms. The van der Waals surface area contributed by atoms with Crippen LogP contribution in [0.15, 0.2) is 0 Å². The van der Waals surface area contributed by atoms with E-state index in [-0.39, 0.29) is 11.8 Å². The molecular weight excluding hydrogens is 236 g/mol. The molecule has 1 aliphatic heterocycles. The fourth-order valence-electron chi connectivity index (χ4n) is 2.17. The number of nitrogens with one attached hydrogen (secondary N) is 1. The number of sulfonamides is 1. The normalized spacial score (nSPS) is 21.9. The van der Waals surface area contributed by atoms with Crippen molar-refractivity contribution < 1.29 is 8.42 Å². The molecule has 0 aromatic rings. The Morgan fingerprint density at radius 1 is 1.29 bits per heavy atom. The van der Waals surface area contributed by atoms with E-state index in [4.69, 9.17) is 0 Å². The van der Waals surface area contributed by atoms with Gasteiger partial charge >= 0.3 is 0 Å². The zero-order valence-corrected chi connectivity index (χ0v) is 11.9. The summed E-state index contributed by atoms with van der Waals surface area (Å²) in [5.41, 5.74) is 0. The van der Waals surface area contributed by atoms with Crippen LogP contribution in [0.1, 0.15) is 45.4 Å². The third-order valence-corrected chi connectivity index (χ3v) is 5.33. The minimum Gasteiger partial charge on any atom is -0.313 e. The van der Waals surface area contributed by atoms with Gasteiger partial charge in [0, 0.05) is 19.6 Å². The van der Waals surface area contributed by atoms with Crippen LogP contribution in [0.25, 0.3) is 0 Å². The monoisotopic (exact) mass is 262 g/mol. The molecule has 0 spiro atoms. The lowest BCUT2D eigenvalue weighted by Crippen LogP contribution is -2.43. The maximum atomic E-state index is 12.1. The highest BCUT2D eigenvalue weighted by Gasteiger charge is 2.24. The van der Waals surface area contributed by atoms with Gasteiger partial charge in [0.05, 0.1) is 5.75 Å². The van der Waals surface area contributed by atoms with Gasteiger partial charge in [-0.2, -0.15) is 0 Å². The molecule has 1 unspecified atom stereocenters. The van der Waals surface area contributed by atoms with Crippen LogP contribution in [-0.2, 0) is 10.0 Å². The third-order valence-electron chi connectivity index (χ3n) is 3.38. The molecule has 0 aromatic carbocycles. The van der Waals surface area contributed by atoms with Crippen LogP contribution in [0, 0.1) is 0 Å². The number of hydrogen-bond donors (Lipinski definition) is 1. The van der Waals surface area contributed by atoms with Crippen molar-refractivity contribution in [2.45, 2.75) is 51.5 Å². The average Bonchev–Trinajstić information content (AvgIpc) is 2.30. The van der Waals surface area contributed by atoms with Crippen molar-refractivity contribution in [2.75, 3.05) is 25.9 Å². The fourth-order valence-corrected chi connectivity index (χ4v) is 3.63. The standard InChI is InChI=1S/C12H26N2O2S/c1-3-4-7-10-14(2)17(15,16)11-12-8-5-6-9-13-12/h12-13H,3-11H2,1-2H3. The number of piperidine rings is 1. The van der Waals surface area contributed by atoms with Gasteiger partial charge in [-0.05, 0) is 25.8 Å². The first-order valence-corrected chi connectivity index (χ1v) is 8.34. The Morgan fingerprint density at radius 3 is 2.65 bits per heavy atom. The predicted molar refractivity (Wildman–Crippen MR) is 71.6 cm³/mol. The minimum absolute atomic E-state index is 0.155. The Bertz CT molecular complexity index is 298. The summed E-state index contributed by atoms with van der Waals surface area (Å²) in [5, 5.41) is 3.29. The van der Waals surface area contributed by atoms with E-state index in [1.807, 2.05) is 0 Å². The summed E-state index contributed by atoms with van der Waals surface area (Å²) in [5.74, 6) is 0.260. The number of hydrogen-bond acceptors (Lipinski definition) is 3. The SMILES string of the molecule is CCCCCN(C)S(=O)(=O)CC1CCCCN1. The summed E-state index contributed by atoms with van der Waals surface area (Å²) in [6.45, 7) is 3.74. The molecule has 0 amide bonds. The largest absolute Gasteiger partial charge is 0.313 e. The van der Waals surface area contributed by atoms with E-state index in [1.165, 1.54) is 10.7 Å². The molecule has 102 valence electrons. The summed E-state index contributed by atoms with van der Waals surface area (Å²) in [4.78, 5) is 0. The van der Waals surface area contributed by atoms with E-state index >= 15 is 0 Å². The van der Waals surface area contributed by atoms with E-state index in [0.717, 1.165) is 38.6 Å². The highest BCUT2D eigenvalue weighted by molar-refractivity contribution is 7.89. The molecule has 4 nitrogen and oxygen atoms in total. The molecule has 1 saturated heterocycles. The maximum absolute atomic E-state index is 12.1. The van der Waals surface area contributed by atoms with Gasteiger partial charge < -0.3 is 5.32 Å². The first-order valence-electron chi connectivity index (χ1n) is 6.73. The second-order valence-corrected chi connectivity index (χ2v) is 7.07. The van der Waals surface area contributed by atoms with Crippen molar-refractivity contribution in [1.82, 2.24) is 9.62 Å². The van der Waals surface area contributed by atoms with Gasteiger partial charge in [-0.15, -0.1) is 0 Å². The first kappa shape index (κ1) is 14.9. The lowest BCUT2D eigenvalue weighted by atomic mass is 10.1. The highest BCUT2D eigenvalue weighted by Crippen LogP contribution is 2.11. The second kappa shape index (κ2) is 7.34. The molecule has 1 aliphatic rings. The molecule has 0 saturated carbocycles. The zero-order valence-electron chi connectivity index (χ0n) is 11.1. The van der Waals surface area contributed by atoms with Gasteiger partial charge in [0.25, 0.3) is 0 Å². The van der Waals surface area contributed by atoms with E-state index in [0.29, 0.717) is 6.54 Å². The lowest BCUT2D eigenvalue weighted by Gasteiger charge is -2.25. The summed E-state index contributed by atoms with van der Waals surface area (Å²) in [7, 11) is -1.37. The van der Waals surface area contributed by atoms with Gasteiger partial charge in [0.1, 0.15) is 0 Å². The Kier molecular flexibility index (Phi) is 6.44. The van der Waals surface area contributed by atoms with E-state index in [9.17, 15) is 8.42 Å². The Balaban J connectivity index is 2.37. The van der Waals surface area contributed by atoms with Crippen LogP contribution in [-0.4, -0.2) is 44.7 Å². The molecular formula is C12H26N2O2S. The molecule has 0 aliphatic carbocycles. The molecule has 0 aromatic heterocycles. The highest BCUT2D eigenvalue weighted by atomic mass is 32.2. The Morgan fingerprint density at radius 2 is 2.06 bits per heavy atom. The van der Waals surface area contributed by atoms with E-state index in [2.05, 4.69) is 12.2 Å².